The molecule has 0 N–H and O–H groups in total. The molecule has 94 valence electrons. The molecule has 1 saturated heterocycles. The molecule has 1 aliphatic carbocycles. The molecule has 3 atom stereocenters. The van der Waals surface area contributed by atoms with E-state index >= 15 is 0 Å². The van der Waals surface area contributed by atoms with Crippen LogP contribution in [0.4, 0.5) is 0 Å². The lowest BCUT2D eigenvalue weighted by Crippen LogP contribution is -2.45. The molecule has 2 nitrogen and oxygen atoms in total. The number of rotatable bonds is 3. The highest BCUT2D eigenvalue weighted by molar-refractivity contribution is 4.90. The highest BCUT2D eigenvalue weighted by Crippen LogP contribution is 2.47. The summed E-state index contributed by atoms with van der Waals surface area (Å²) in [6.07, 6.45) is 6.30. The van der Waals surface area contributed by atoms with Crippen molar-refractivity contribution in [3.8, 4) is 0 Å². The summed E-state index contributed by atoms with van der Waals surface area (Å²) >= 11 is 0. The van der Waals surface area contributed by atoms with Gasteiger partial charge in [0.25, 0.3) is 0 Å². The van der Waals surface area contributed by atoms with Gasteiger partial charge in [0.1, 0.15) is 0 Å². The fraction of sp³-hybridized carbons (Fsp3) is 1.00. The van der Waals surface area contributed by atoms with Crippen LogP contribution in [0, 0.1) is 17.8 Å². The first-order valence-corrected chi connectivity index (χ1v) is 6.97. The molecule has 0 spiro atoms. The zero-order valence-electron chi connectivity index (χ0n) is 11.0. The Morgan fingerprint density at radius 2 is 1.75 bits per heavy atom. The van der Waals surface area contributed by atoms with Crippen molar-refractivity contribution in [2.45, 2.75) is 58.7 Å². The Bertz CT molecular complexity index is 221. The van der Waals surface area contributed by atoms with Gasteiger partial charge in [-0.25, -0.2) is 0 Å². The van der Waals surface area contributed by atoms with Crippen LogP contribution in [0.25, 0.3) is 0 Å². The fourth-order valence-electron chi connectivity index (χ4n) is 3.53. The Kier molecular flexibility index (Phi) is 3.91. The minimum atomic E-state index is -0.289. The molecule has 2 heteroatoms. The van der Waals surface area contributed by atoms with E-state index in [9.17, 15) is 0 Å². The van der Waals surface area contributed by atoms with Gasteiger partial charge in [0.05, 0.1) is 13.2 Å². The SMILES string of the molecule is CCC1CC(CC)C(C2(C)OCCCO2)C1. The number of hydrogen-bond acceptors (Lipinski definition) is 2. The molecule has 0 radical (unpaired) electrons. The molecule has 1 heterocycles. The second-order valence-corrected chi connectivity index (χ2v) is 5.59. The minimum Gasteiger partial charge on any atom is -0.350 e. The van der Waals surface area contributed by atoms with Crippen molar-refractivity contribution in [3.63, 3.8) is 0 Å². The summed E-state index contributed by atoms with van der Waals surface area (Å²) in [6.45, 7) is 8.53. The molecule has 2 aliphatic rings. The molecule has 2 rings (SSSR count). The van der Waals surface area contributed by atoms with Gasteiger partial charge in [-0.15, -0.1) is 0 Å². The lowest BCUT2D eigenvalue weighted by molar-refractivity contribution is -0.288. The van der Waals surface area contributed by atoms with Crippen LogP contribution < -0.4 is 0 Å². The third kappa shape index (κ3) is 2.28. The summed E-state index contributed by atoms with van der Waals surface area (Å²) < 4.78 is 11.9. The van der Waals surface area contributed by atoms with Crippen LogP contribution in [-0.4, -0.2) is 19.0 Å². The average Bonchev–Trinajstić information content (AvgIpc) is 2.74. The summed E-state index contributed by atoms with van der Waals surface area (Å²) in [5, 5.41) is 0. The van der Waals surface area contributed by atoms with Gasteiger partial charge < -0.3 is 9.47 Å². The van der Waals surface area contributed by atoms with Gasteiger partial charge >= 0.3 is 0 Å². The Labute approximate surface area is 99.7 Å². The van der Waals surface area contributed by atoms with Crippen LogP contribution in [0.15, 0.2) is 0 Å². The van der Waals surface area contributed by atoms with Crippen LogP contribution in [0.2, 0.25) is 0 Å². The third-order valence-electron chi connectivity index (χ3n) is 4.63. The second-order valence-electron chi connectivity index (χ2n) is 5.59. The number of hydrogen-bond donors (Lipinski definition) is 0. The van der Waals surface area contributed by atoms with Gasteiger partial charge in [-0.3, -0.25) is 0 Å². The van der Waals surface area contributed by atoms with Crippen molar-refractivity contribution in [1.29, 1.82) is 0 Å². The summed E-state index contributed by atoms with van der Waals surface area (Å²) in [4.78, 5) is 0. The van der Waals surface area contributed by atoms with Crippen molar-refractivity contribution in [3.05, 3.63) is 0 Å². The van der Waals surface area contributed by atoms with Gasteiger partial charge in [0, 0.05) is 5.92 Å². The van der Waals surface area contributed by atoms with E-state index < -0.39 is 0 Å². The normalized spacial score (nSPS) is 38.8. The highest BCUT2D eigenvalue weighted by Gasteiger charge is 2.46. The summed E-state index contributed by atoms with van der Waals surface area (Å²) in [6, 6.07) is 0. The maximum atomic E-state index is 5.95. The van der Waals surface area contributed by atoms with Crippen molar-refractivity contribution in [2.75, 3.05) is 13.2 Å². The predicted molar refractivity (Wildman–Crippen MR) is 65.2 cm³/mol. The summed E-state index contributed by atoms with van der Waals surface area (Å²) in [5.74, 6) is 2.01. The lowest BCUT2D eigenvalue weighted by atomic mass is 9.86. The molecule has 1 saturated carbocycles. The van der Waals surface area contributed by atoms with Crippen LogP contribution in [0.1, 0.15) is 52.9 Å². The van der Waals surface area contributed by atoms with Crippen LogP contribution in [0.3, 0.4) is 0 Å². The largest absolute Gasteiger partial charge is 0.350 e. The molecule has 0 aromatic rings. The van der Waals surface area contributed by atoms with E-state index in [0.717, 1.165) is 31.5 Å². The summed E-state index contributed by atoms with van der Waals surface area (Å²) in [7, 11) is 0. The van der Waals surface area contributed by atoms with E-state index in [-0.39, 0.29) is 5.79 Å². The van der Waals surface area contributed by atoms with Crippen LogP contribution in [-0.2, 0) is 9.47 Å². The molecular formula is C14H26O2. The minimum absolute atomic E-state index is 0.289. The van der Waals surface area contributed by atoms with Crippen molar-refractivity contribution < 1.29 is 9.47 Å². The standard InChI is InChI=1S/C14H26O2/c1-4-11-9-12(5-2)13(10-11)14(3)15-7-6-8-16-14/h11-13H,4-10H2,1-3H3. The van der Waals surface area contributed by atoms with Crippen molar-refractivity contribution in [2.24, 2.45) is 17.8 Å². The number of ether oxygens (including phenoxy) is 2. The topological polar surface area (TPSA) is 18.5 Å². The van der Waals surface area contributed by atoms with E-state index in [4.69, 9.17) is 9.47 Å². The molecule has 2 fully saturated rings. The first-order chi connectivity index (χ1) is 7.69. The fourth-order valence-corrected chi connectivity index (χ4v) is 3.53. The molecule has 0 amide bonds. The molecule has 3 unspecified atom stereocenters. The Balaban J connectivity index is 2.06. The Hall–Kier alpha value is -0.0800. The van der Waals surface area contributed by atoms with Gasteiger partial charge in [0.15, 0.2) is 5.79 Å². The van der Waals surface area contributed by atoms with Gasteiger partial charge in [0.2, 0.25) is 0 Å². The lowest BCUT2D eigenvalue weighted by Gasteiger charge is -2.41. The quantitative estimate of drug-likeness (QED) is 0.732. The van der Waals surface area contributed by atoms with Gasteiger partial charge in [-0.05, 0) is 38.0 Å². The first kappa shape index (κ1) is 12.4. The maximum absolute atomic E-state index is 5.95. The maximum Gasteiger partial charge on any atom is 0.168 e. The molecule has 0 aromatic heterocycles. The molecule has 0 bridgehead atoms. The zero-order chi connectivity index (χ0) is 11.6. The zero-order valence-corrected chi connectivity index (χ0v) is 11.0. The van der Waals surface area contributed by atoms with E-state index in [1.54, 1.807) is 0 Å². The smallest absolute Gasteiger partial charge is 0.168 e. The summed E-state index contributed by atoms with van der Waals surface area (Å²) in [5.41, 5.74) is 0. The molecule has 0 aromatic carbocycles. The molecular weight excluding hydrogens is 200 g/mol. The Morgan fingerprint density at radius 1 is 1.06 bits per heavy atom. The first-order valence-electron chi connectivity index (χ1n) is 6.97. The van der Waals surface area contributed by atoms with Crippen LogP contribution in [0.5, 0.6) is 0 Å². The third-order valence-corrected chi connectivity index (χ3v) is 4.63. The van der Waals surface area contributed by atoms with E-state index in [1.165, 1.54) is 25.7 Å². The second kappa shape index (κ2) is 5.05. The Morgan fingerprint density at radius 3 is 2.31 bits per heavy atom. The molecule has 1 aliphatic heterocycles. The highest BCUT2D eigenvalue weighted by atomic mass is 16.7. The molecule has 16 heavy (non-hydrogen) atoms. The van der Waals surface area contributed by atoms with Crippen molar-refractivity contribution >= 4 is 0 Å². The van der Waals surface area contributed by atoms with E-state index in [1.807, 2.05) is 0 Å². The van der Waals surface area contributed by atoms with E-state index in [2.05, 4.69) is 20.8 Å². The van der Waals surface area contributed by atoms with E-state index in [0.29, 0.717) is 5.92 Å². The monoisotopic (exact) mass is 226 g/mol. The predicted octanol–water partition coefficient (Wildman–Crippen LogP) is 3.60. The van der Waals surface area contributed by atoms with Gasteiger partial charge in [-0.2, -0.15) is 0 Å². The average molecular weight is 226 g/mol. The van der Waals surface area contributed by atoms with Crippen molar-refractivity contribution in [1.82, 2.24) is 0 Å². The van der Waals surface area contributed by atoms with Crippen LogP contribution >= 0.6 is 0 Å². The van der Waals surface area contributed by atoms with Gasteiger partial charge in [-0.1, -0.05) is 26.7 Å².